The van der Waals surface area contributed by atoms with E-state index in [2.05, 4.69) is 10.3 Å². The number of imidazole rings is 1. The summed E-state index contributed by atoms with van der Waals surface area (Å²) in [6.45, 7) is 0. The Morgan fingerprint density at radius 3 is 2.48 bits per heavy atom. The molecule has 1 N–H and O–H groups in total. The standard InChI is InChI=1S/C26H30ClFN4O/c27-19-15-23-22(16-20(19)28)31-25(21-13-7-8-14-29-21)32(23)24(17-9-3-1-4-10-17)26(33)30-18-11-5-2-6-12-18/h7-8,13-18,24H,1-6,9-12H2,(H,30,33). The molecule has 0 bridgehead atoms. The molecule has 2 saturated carbocycles. The van der Waals surface area contributed by atoms with Gasteiger partial charge in [0.15, 0.2) is 5.82 Å². The minimum Gasteiger partial charge on any atom is -0.352 e. The minimum atomic E-state index is -0.512. The van der Waals surface area contributed by atoms with Crippen LogP contribution in [0.1, 0.15) is 70.3 Å². The highest BCUT2D eigenvalue weighted by Gasteiger charge is 2.35. The van der Waals surface area contributed by atoms with E-state index in [-0.39, 0.29) is 22.9 Å². The van der Waals surface area contributed by atoms with Gasteiger partial charge in [0.1, 0.15) is 17.6 Å². The van der Waals surface area contributed by atoms with Gasteiger partial charge in [-0.05, 0) is 49.8 Å². The molecule has 174 valence electrons. The molecule has 33 heavy (non-hydrogen) atoms. The van der Waals surface area contributed by atoms with Crippen molar-refractivity contribution in [3.8, 4) is 11.5 Å². The van der Waals surface area contributed by atoms with Crippen LogP contribution in [0.15, 0.2) is 36.5 Å². The number of fused-ring (bicyclic) bond motifs is 1. The van der Waals surface area contributed by atoms with Gasteiger partial charge in [0.05, 0.1) is 16.1 Å². The number of carbonyl (C=O) groups excluding carboxylic acids is 1. The van der Waals surface area contributed by atoms with Crippen molar-refractivity contribution in [1.82, 2.24) is 19.9 Å². The average molecular weight is 469 g/mol. The lowest BCUT2D eigenvalue weighted by atomic mass is 9.82. The molecule has 0 radical (unpaired) electrons. The van der Waals surface area contributed by atoms with Gasteiger partial charge in [-0.2, -0.15) is 0 Å². The van der Waals surface area contributed by atoms with Crippen molar-refractivity contribution >= 4 is 28.5 Å². The van der Waals surface area contributed by atoms with Crippen LogP contribution >= 0.6 is 11.6 Å². The molecule has 1 aromatic carbocycles. The van der Waals surface area contributed by atoms with Crippen LogP contribution in [0.5, 0.6) is 0 Å². The fourth-order valence-corrected chi connectivity index (χ4v) is 5.73. The molecule has 1 atom stereocenters. The maximum absolute atomic E-state index is 14.3. The van der Waals surface area contributed by atoms with Gasteiger partial charge in [0.25, 0.3) is 0 Å². The van der Waals surface area contributed by atoms with Crippen LogP contribution in [0, 0.1) is 11.7 Å². The second-order valence-electron chi connectivity index (χ2n) is 9.46. The lowest BCUT2D eigenvalue weighted by molar-refractivity contribution is -0.127. The van der Waals surface area contributed by atoms with E-state index in [1.54, 1.807) is 12.3 Å². The molecule has 3 aromatic rings. The van der Waals surface area contributed by atoms with E-state index in [1.165, 1.54) is 18.9 Å². The number of rotatable bonds is 5. The molecule has 2 aromatic heterocycles. The van der Waals surface area contributed by atoms with Crippen LogP contribution < -0.4 is 5.32 Å². The molecular formula is C26H30ClFN4O. The Balaban J connectivity index is 1.65. The number of nitrogens with one attached hydrogen (secondary N) is 1. The van der Waals surface area contributed by atoms with Crippen LogP contribution in [-0.2, 0) is 4.79 Å². The zero-order valence-corrected chi connectivity index (χ0v) is 19.5. The zero-order chi connectivity index (χ0) is 22.8. The molecule has 2 aliphatic carbocycles. The van der Waals surface area contributed by atoms with Gasteiger partial charge in [-0.15, -0.1) is 0 Å². The van der Waals surface area contributed by atoms with Crippen LogP contribution in [0.3, 0.4) is 0 Å². The highest BCUT2D eigenvalue weighted by Crippen LogP contribution is 2.39. The predicted octanol–water partition coefficient (Wildman–Crippen LogP) is 6.46. The van der Waals surface area contributed by atoms with Gasteiger partial charge in [-0.1, -0.05) is 56.2 Å². The topological polar surface area (TPSA) is 59.8 Å². The summed E-state index contributed by atoms with van der Waals surface area (Å²) in [7, 11) is 0. The number of benzene rings is 1. The second kappa shape index (κ2) is 9.80. The van der Waals surface area contributed by atoms with E-state index in [1.807, 2.05) is 22.8 Å². The van der Waals surface area contributed by atoms with E-state index in [4.69, 9.17) is 16.6 Å². The smallest absolute Gasteiger partial charge is 0.243 e. The average Bonchev–Trinajstić information content (AvgIpc) is 3.19. The van der Waals surface area contributed by atoms with E-state index in [0.29, 0.717) is 22.6 Å². The molecule has 2 fully saturated rings. The van der Waals surface area contributed by atoms with Crippen molar-refractivity contribution in [1.29, 1.82) is 0 Å². The summed E-state index contributed by atoms with van der Waals surface area (Å²) in [4.78, 5) is 23.2. The molecule has 2 aliphatic rings. The van der Waals surface area contributed by atoms with Gasteiger partial charge in [-0.25, -0.2) is 9.37 Å². The van der Waals surface area contributed by atoms with Crippen LogP contribution in [0.2, 0.25) is 5.02 Å². The summed E-state index contributed by atoms with van der Waals surface area (Å²) in [5, 5.41) is 3.39. The third kappa shape index (κ3) is 4.63. The SMILES string of the molecule is O=C(NC1CCCCC1)C(C1CCCCC1)n1c(-c2ccccn2)nc2cc(F)c(Cl)cc21. The van der Waals surface area contributed by atoms with Gasteiger partial charge >= 0.3 is 0 Å². The van der Waals surface area contributed by atoms with Gasteiger partial charge in [0, 0.05) is 18.3 Å². The number of amides is 1. The molecule has 1 unspecified atom stereocenters. The summed E-state index contributed by atoms with van der Waals surface area (Å²) >= 11 is 6.21. The first-order valence-electron chi connectivity index (χ1n) is 12.2. The summed E-state index contributed by atoms with van der Waals surface area (Å²) < 4.78 is 16.3. The zero-order valence-electron chi connectivity index (χ0n) is 18.8. The lowest BCUT2D eigenvalue weighted by Crippen LogP contribution is -2.43. The van der Waals surface area contributed by atoms with Crippen molar-refractivity contribution < 1.29 is 9.18 Å². The number of carbonyl (C=O) groups is 1. The number of nitrogens with zero attached hydrogens (tertiary/aromatic N) is 3. The molecule has 0 saturated heterocycles. The highest BCUT2D eigenvalue weighted by molar-refractivity contribution is 6.31. The fourth-order valence-electron chi connectivity index (χ4n) is 5.57. The minimum absolute atomic E-state index is 0.0331. The summed E-state index contributed by atoms with van der Waals surface area (Å²) in [6, 6.07) is 8.38. The first kappa shape index (κ1) is 22.3. The number of hydrogen-bond acceptors (Lipinski definition) is 3. The van der Waals surface area contributed by atoms with Crippen molar-refractivity contribution in [2.45, 2.75) is 76.3 Å². The Kier molecular flexibility index (Phi) is 6.63. The van der Waals surface area contributed by atoms with Crippen LogP contribution in [0.25, 0.3) is 22.6 Å². The third-order valence-corrected chi connectivity index (χ3v) is 7.51. The normalized spacial score (nSPS) is 19.0. The maximum atomic E-state index is 14.3. The number of hydrogen-bond donors (Lipinski definition) is 1. The molecule has 2 heterocycles. The fraction of sp³-hybridized carbons (Fsp3) is 0.500. The number of halogens is 2. The monoisotopic (exact) mass is 468 g/mol. The predicted molar refractivity (Wildman–Crippen MR) is 129 cm³/mol. The summed E-state index contributed by atoms with van der Waals surface area (Å²) in [5.41, 5.74) is 1.83. The number of aromatic nitrogens is 3. The summed E-state index contributed by atoms with van der Waals surface area (Å²) in [6.07, 6.45) is 12.7. The largest absolute Gasteiger partial charge is 0.352 e. The Morgan fingerprint density at radius 1 is 1.06 bits per heavy atom. The van der Waals surface area contributed by atoms with Crippen molar-refractivity contribution in [3.05, 3.63) is 47.4 Å². The molecule has 5 nitrogen and oxygen atoms in total. The van der Waals surface area contributed by atoms with E-state index in [9.17, 15) is 9.18 Å². The molecule has 7 heteroatoms. The summed E-state index contributed by atoms with van der Waals surface area (Å²) in [5.74, 6) is 0.292. The maximum Gasteiger partial charge on any atom is 0.243 e. The van der Waals surface area contributed by atoms with Crippen molar-refractivity contribution in [3.63, 3.8) is 0 Å². The molecule has 0 spiro atoms. The van der Waals surface area contributed by atoms with Gasteiger partial charge in [0.2, 0.25) is 5.91 Å². The van der Waals surface area contributed by atoms with E-state index < -0.39 is 11.9 Å². The van der Waals surface area contributed by atoms with Crippen molar-refractivity contribution in [2.75, 3.05) is 0 Å². The van der Waals surface area contributed by atoms with E-state index in [0.717, 1.165) is 51.4 Å². The molecular weight excluding hydrogens is 439 g/mol. The molecule has 1 amide bonds. The third-order valence-electron chi connectivity index (χ3n) is 7.22. The Hall–Kier alpha value is -2.47. The molecule has 0 aliphatic heterocycles. The van der Waals surface area contributed by atoms with Crippen molar-refractivity contribution in [2.24, 2.45) is 5.92 Å². The second-order valence-corrected chi connectivity index (χ2v) is 9.87. The Labute approximate surface area is 198 Å². The first-order chi connectivity index (χ1) is 16.1. The van der Waals surface area contributed by atoms with Gasteiger partial charge < -0.3 is 9.88 Å². The van der Waals surface area contributed by atoms with Crippen LogP contribution in [0.4, 0.5) is 4.39 Å². The Bertz CT molecular complexity index is 1120. The number of pyridine rings is 1. The van der Waals surface area contributed by atoms with E-state index >= 15 is 0 Å². The first-order valence-corrected chi connectivity index (χ1v) is 12.6. The van der Waals surface area contributed by atoms with Crippen LogP contribution in [-0.4, -0.2) is 26.5 Å². The lowest BCUT2D eigenvalue weighted by Gasteiger charge is -2.33. The van der Waals surface area contributed by atoms with Gasteiger partial charge in [-0.3, -0.25) is 9.78 Å². The quantitative estimate of drug-likeness (QED) is 0.467. The Morgan fingerprint density at radius 2 is 1.79 bits per heavy atom. The highest BCUT2D eigenvalue weighted by atomic mass is 35.5. The molecule has 5 rings (SSSR count).